The molecule has 0 aliphatic rings. The van der Waals surface area contributed by atoms with Crippen LogP contribution in [0, 0.1) is 10.1 Å². The normalized spacial score (nSPS) is 11.2. The van der Waals surface area contributed by atoms with Gasteiger partial charge in [0.1, 0.15) is 10.4 Å². The number of rotatable bonds is 5. The summed E-state index contributed by atoms with van der Waals surface area (Å²) in [6.45, 7) is 0. The number of pyridine rings is 1. The van der Waals surface area contributed by atoms with Crippen molar-refractivity contribution in [1.29, 1.82) is 0 Å². The van der Waals surface area contributed by atoms with Gasteiger partial charge >= 0.3 is 15.8 Å². The second-order valence-electron chi connectivity index (χ2n) is 4.96. The quantitative estimate of drug-likeness (QED) is 0.391. The van der Waals surface area contributed by atoms with Gasteiger partial charge in [0, 0.05) is 17.6 Å². The lowest BCUT2D eigenvalue weighted by molar-refractivity contribution is -0.386. The number of aromatic nitrogens is 1. The Hall–Kier alpha value is -3.20. The number of nitrogens with zero attached hydrogens (tertiary/aromatic N) is 2. The Labute approximate surface area is 142 Å². The molecule has 0 bridgehead atoms. The molecule has 0 atom stereocenters. The van der Waals surface area contributed by atoms with E-state index in [4.69, 9.17) is 8.92 Å². The zero-order valence-electron chi connectivity index (χ0n) is 12.9. The van der Waals surface area contributed by atoms with E-state index in [1.807, 2.05) is 0 Å². The van der Waals surface area contributed by atoms with Gasteiger partial charge in [-0.1, -0.05) is 18.2 Å². The van der Waals surface area contributed by atoms with Gasteiger partial charge in [-0.05, 0) is 24.3 Å². The van der Waals surface area contributed by atoms with Gasteiger partial charge in [0.25, 0.3) is 0 Å². The molecule has 0 N–H and O–H groups in total. The van der Waals surface area contributed by atoms with E-state index >= 15 is 0 Å². The van der Waals surface area contributed by atoms with Crippen molar-refractivity contribution in [3.8, 4) is 11.5 Å². The van der Waals surface area contributed by atoms with Crippen LogP contribution in [0.2, 0.25) is 0 Å². The average Bonchev–Trinajstić information content (AvgIpc) is 2.61. The minimum Gasteiger partial charge on any atom is -0.490 e. The number of benzene rings is 2. The zero-order chi connectivity index (χ0) is 18.0. The number of hydrogen-bond acceptors (Lipinski definition) is 7. The maximum Gasteiger partial charge on any atom is 0.339 e. The fourth-order valence-corrected chi connectivity index (χ4v) is 3.24. The monoisotopic (exact) mass is 360 g/mol. The first kappa shape index (κ1) is 16.7. The van der Waals surface area contributed by atoms with Crippen LogP contribution < -0.4 is 8.92 Å². The second-order valence-corrected chi connectivity index (χ2v) is 6.51. The largest absolute Gasteiger partial charge is 0.490 e. The second kappa shape index (κ2) is 6.36. The Kier molecular flexibility index (Phi) is 4.24. The third-order valence-corrected chi connectivity index (χ3v) is 4.66. The third kappa shape index (κ3) is 3.22. The number of nitro groups is 1. The van der Waals surface area contributed by atoms with Crippen LogP contribution in [0.5, 0.6) is 11.5 Å². The summed E-state index contributed by atoms with van der Waals surface area (Å²) in [5.74, 6) is -0.00708. The number of hydrogen-bond donors (Lipinski definition) is 0. The molecule has 0 aliphatic carbocycles. The lowest BCUT2D eigenvalue weighted by Crippen LogP contribution is -2.11. The van der Waals surface area contributed by atoms with Crippen molar-refractivity contribution in [2.45, 2.75) is 4.90 Å². The maximum atomic E-state index is 12.5. The SMILES string of the molecule is COc1ccc(S(=O)(=O)Oc2cccc3cccnc23)cc1[N+](=O)[O-]. The Morgan fingerprint density at radius 3 is 2.56 bits per heavy atom. The molecule has 25 heavy (non-hydrogen) atoms. The van der Waals surface area contributed by atoms with Gasteiger partial charge in [-0.25, -0.2) is 0 Å². The summed E-state index contributed by atoms with van der Waals surface area (Å²) in [6.07, 6.45) is 1.51. The van der Waals surface area contributed by atoms with E-state index in [1.165, 1.54) is 31.5 Å². The molecule has 0 saturated heterocycles. The molecule has 1 heterocycles. The summed E-state index contributed by atoms with van der Waals surface area (Å²) in [6, 6.07) is 11.6. The van der Waals surface area contributed by atoms with Gasteiger partial charge in [0.05, 0.1) is 12.0 Å². The van der Waals surface area contributed by atoms with Gasteiger partial charge in [-0.2, -0.15) is 8.42 Å². The summed E-state index contributed by atoms with van der Waals surface area (Å²) in [5.41, 5.74) is -0.0974. The van der Waals surface area contributed by atoms with Crippen LogP contribution in [0.1, 0.15) is 0 Å². The molecule has 3 rings (SSSR count). The van der Waals surface area contributed by atoms with Gasteiger partial charge in [0.15, 0.2) is 11.5 Å². The van der Waals surface area contributed by atoms with E-state index in [1.54, 1.807) is 24.3 Å². The fraction of sp³-hybridized carbons (Fsp3) is 0.0625. The number of methoxy groups -OCH3 is 1. The molecule has 0 unspecified atom stereocenters. The van der Waals surface area contributed by atoms with Crippen LogP contribution in [0.15, 0.2) is 59.6 Å². The molecule has 3 aromatic rings. The molecule has 0 fully saturated rings. The highest BCUT2D eigenvalue weighted by molar-refractivity contribution is 7.87. The highest BCUT2D eigenvalue weighted by atomic mass is 32.2. The van der Waals surface area contributed by atoms with Crippen LogP contribution in [0.4, 0.5) is 5.69 Å². The molecule has 8 nitrogen and oxygen atoms in total. The zero-order valence-corrected chi connectivity index (χ0v) is 13.8. The molecule has 1 aromatic heterocycles. The molecule has 0 amide bonds. The van der Waals surface area contributed by atoms with E-state index in [2.05, 4.69) is 4.98 Å². The summed E-state index contributed by atoms with van der Waals surface area (Å²) < 4.78 is 35.0. The molecule has 0 spiro atoms. The number of ether oxygens (including phenoxy) is 1. The molecular formula is C16H12N2O6S. The van der Waals surface area contributed by atoms with Crippen LogP contribution in [-0.4, -0.2) is 25.4 Å². The minimum absolute atomic E-state index is 0.0385. The first-order valence-electron chi connectivity index (χ1n) is 7.03. The van der Waals surface area contributed by atoms with E-state index in [0.717, 1.165) is 6.07 Å². The van der Waals surface area contributed by atoms with Crippen molar-refractivity contribution in [2.24, 2.45) is 0 Å². The summed E-state index contributed by atoms with van der Waals surface area (Å²) in [5, 5.41) is 11.8. The standard InChI is InChI=1S/C16H12N2O6S/c1-23-14-8-7-12(10-13(14)18(19)20)25(21,22)24-15-6-2-4-11-5-3-9-17-16(11)15/h2-10H,1H3. The predicted octanol–water partition coefficient (Wildman–Crippen LogP) is 2.92. The van der Waals surface area contributed by atoms with Crippen molar-refractivity contribution in [2.75, 3.05) is 7.11 Å². The van der Waals surface area contributed by atoms with Crippen molar-refractivity contribution in [1.82, 2.24) is 4.98 Å². The molecule has 0 aliphatic heterocycles. The van der Waals surface area contributed by atoms with Gasteiger partial charge in [0.2, 0.25) is 0 Å². The van der Waals surface area contributed by atoms with Crippen molar-refractivity contribution < 1.29 is 22.3 Å². The lowest BCUT2D eigenvalue weighted by Gasteiger charge is -2.09. The fourth-order valence-electron chi connectivity index (χ4n) is 2.28. The molecule has 128 valence electrons. The Balaban J connectivity index is 2.05. The van der Waals surface area contributed by atoms with E-state index < -0.39 is 20.7 Å². The van der Waals surface area contributed by atoms with Crippen molar-refractivity contribution in [3.63, 3.8) is 0 Å². The Bertz CT molecular complexity index is 1060. The first-order valence-corrected chi connectivity index (χ1v) is 8.44. The highest BCUT2D eigenvalue weighted by Gasteiger charge is 2.24. The average molecular weight is 360 g/mol. The molecule has 9 heteroatoms. The molecular weight excluding hydrogens is 348 g/mol. The van der Waals surface area contributed by atoms with Crippen LogP contribution in [0.3, 0.4) is 0 Å². The highest BCUT2D eigenvalue weighted by Crippen LogP contribution is 2.31. The van der Waals surface area contributed by atoms with Gasteiger partial charge in [-0.3, -0.25) is 15.1 Å². The molecule has 0 radical (unpaired) electrons. The lowest BCUT2D eigenvalue weighted by atomic mass is 10.2. The summed E-state index contributed by atoms with van der Waals surface area (Å²) >= 11 is 0. The molecule has 0 saturated carbocycles. The first-order chi connectivity index (χ1) is 11.9. The Morgan fingerprint density at radius 1 is 1.08 bits per heavy atom. The van der Waals surface area contributed by atoms with Crippen LogP contribution in [-0.2, 0) is 10.1 Å². The third-order valence-electron chi connectivity index (χ3n) is 3.43. The van der Waals surface area contributed by atoms with Crippen molar-refractivity contribution >= 4 is 26.7 Å². The number of nitro benzene ring substituents is 1. The van der Waals surface area contributed by atoms with E-state index in [9.17, 15) is 18.5 Å². The van der Waals surface area contributed by atoms with E-state index in [-0.39, 0.29) is 16.4 Å². The van der Waals surface area contributed by atoms with Crippen LogP contribution in [0.25, 0.3) is 10.9 Å². The smallest absolute Gasteiger partial charge is 0.339 e. The predicted molar refractivity (Wildman–Crippen MR) is 89.2 cm³/mol. The van der Waals surface area contributed by atoms with Crippen LogP contribution >= 0.6 is 0 Å². The summed E-state index contributed by atoms with van der Waals surface area (Å²) in [7, 11) is -3.03. The molecule has 2 aromatic carbocycles. The topological polar surface area (TPSA) is 109 Å². The Morgan fingerprint density at radius 2 is 1.84 bits per heavy atom. The number of para-hydroxylation sites is 1. The number of fused-ring (bicyclic) bond motifs is 1. The van der Waals surface area contributed by atoms with Crippen molar-refractivity contribution in [3.05, 3.63) is 64.8 Å². The van der Waals surface area contributed by atoms with E-state index in [0.29, 0.717) is 10.9 Å². The summed E-state index contributed by atoms with van der Waals surface area (Å²) in [4.78, 5) is 14.1. The van der Waals surface area contributed by atoms with Gasteiger partial charge < -0.3 is 8.92 Å². The van der Waals surface area contributed by atoms with Gasteiger partial charge in [-0.15, -0.1) is 0 Å². The maximum absolute atomic E-state index is 12.5. The minimum atomic E-state index is -4.29.